The van der Waals surface area contributed by atoms with Gasteiger partial charge in [0, 0.05) is 49.6 Å². The summed E-state index contributed by atoms with van der Waals surface area (Å²) in [5.41, 5.74) is 5.24. The standard InChI is InChI=1S/C44H34F3N3S/c1-43(2,3)27-28-24-30-20-21-34-35-22-23-48-40(42(35)51-41(34)39(30)36(25-28)44(45,46)47)31-14-10-17-33(26-31)50(32-15-8-5-9-16-32)38-19-11-18-37(49-38)29-12-6-4-7-13-29/h4-26H,27H2,1-3H3. The zero-order valence-electron chi connectivity index (χ0n) is 28.4. The second-order valence-corrected chi connectivity index (χ2v) is 15.0. The van der Waals surface area contributed by atoms with Crippen molar-refractivity contribution in [3.05, 3.63) is 151 Å². The number of alkyl halides is 3. The summed E-state index contributed by atoms with van der Waals surface area (Å²) in [7, 11) is 0. The Balaban J connectivity index is 1.29. The van der Waals surface area contributed by atoms with Crippen LogP contribution in [-0.2, 0) is 12.6 Å². The minimum atomic E-state index is -4.50. The number of benzene rings is 5. The summed E-state index contributed by atoms with van der Waals surface area (Å²) in [5.74, 6) is 0.754. The molecule has 0 N–H and O–H groups in total. The first kappa shape index (κ1) is 32.7. The maximum atomic E-state index is 14.8. The van der Waals surface area contributed by atoms with E-state index < -0.39 is 11.7 Å². The van der Waals surface area contributed by atoms with Crippen LogP contribution in [0.15, 0.2) is 140 Å². The predicted molar refractivity (Wildman–Crippen MR) is 206 cm³/mol. The third kappa shape index (κ3) is 6.34. The van der Waals surface area contributed by atoms with Crippen molar-refractivity contribution >= 4 is 59.5 Å². The number of hydrogen-bond acceptors (Lipinski definition) is 4. The van der Waals surface area contributed by atoms with E-state index in [4.69, 9.17) is 9.97 Å². The Bertz CT molecular complexity index is 2530. The Labute approximate surface area is 298 Å². The third-order valence-electron chi connectivity index (χ3n) is 8.99. The normalized spacial score (nSPS) is 12.2. The molecular weight excluding hydrogens is 660 g/mol. The van der Waals surface area contributed by atoms with E-state index in [2.05, 4.69) is 11.0 Å². The summed E-state index contributed by atoms with van der Waals surface area (Å²) in [6.45, 7) is 6.13. The molecule has 0 unspecified atom stereocenters. The van der Waals surface area contributed by atoms with Crippen LogP contribution in [0.4, 0.5) is 30.4 Å². The van der Waals surface area contributed by atoms with Crippen molar-refractivity contribution < 1.29 is 13.2 Å². The zero-order valence-corrected chi connectivity index (χ0v) is 29.2. The maximum Gasteiger partial charge on any atom is 0.417 e. The molecule has 0 aliphatic rings. The van der Waals surface area contributed by atoms with Crippen molar-refractivity contribution in [2.75, 3.05) is 4.90 Å². The minimum Gasteiger partial charge on any atom is -0.295 e. The summed E-state index contributed by atoms with van der Waals surface area (Å²) in [6, 6.07) is 43.2. The van der Waals surface area contributed by atoms with E-state index in [1.807, 2.05) is 142 Å². The van der Waals surface area contributed by atoms with Crippen LogP contribution in [0.3, 0.4) is 0 Å². The highest BCUT2D eigenvalue weighted by molar-refractivity contribution is 7.27. The van der Waals surface area contributed by atoms with E-state index in [1.54, 1.807) is 6.20 Å². The molecule has 3 aromatic heterocycles. The highest BCUT2D eigenvalue weighted by Gasteiger charge is 2.34. The number of rotatable bonds is 6. The van der Waals surface area contributed by atoms with E-state index in [1.165, 1.54) is 17.4 Å². The molecule has 0 aliphatic heterocycles. The Morgan fingerprint density at radius 1 is 0.647 bits per heavy atom. The Morgan fingerprint density at radius 3 is 2.08 bits per heavy atom. The molecule has 0 atom stereocenters. The number of para-hydroxylation sites is 1. The van der Waals surface area contributed by atoms with Gasteiger partial charge in [-0.25, -0.2) is 4.98 Å². The number of anilines is 3. The van der Waals surface area contributed by atoms with Gasteiger partial charge in [0.25, 0.3) is 0 Å². The maximum absolute atomic E-state index is 14.8. The van der Waals surface area contributed by atoms with E-state index in [9.17, 15) is 13.2 Å². The molecule has 0 amide bonds. The smallest absolute Gasteiger partial charge is 0.295 e. The number of pyridine rings is 2. The van der Waals surface area contributed by atoms with Crippen LogP contribution < -0.4 is 4.90 Å². The van der Waals surface area contributed by atoms with Crippen molar-refractivity contribution in [1.82, 2.24) is 9.97 Å². The number of nitrogens with zero attached hydrogens (tertiary/aromatic N) is 3. The van der Waals surface area contributed by atoms with Gasteiger partial charge in [0.1, 0.15) is 5.82 Å². The summed E-state index contributed by atoms with van der Waals surface area (Å²) >= 11 is 1.38. The number of aromatic nitrogens is 2. The fourth-order valence-corrected chi connectivity index (χ4v) is 8.30. The van der Waals surface area contributed by atoms with Gasteiger partial charge in [-0.2, -0.15) is 13.2 Å². The lowest BCUT2D eigenvalue weighted by Crippen LogP contribution is -2.12. The molecule has 3 heterocycles. The second-order valence-electron chi connectivity index (χ2n) is 14.0. The highest BCUT2D eigenvalue weighted by atomic mass is 32.1. The number of halogens is 3. The lowest BCUT2D eigenvalue weighted by atomic mass is 9.86. The van der Waals surface area contributed by atoms with E-state index in [0.29, 0.717) is 22.1 Å². The summed E-state index contributed by atoms with van der Waals surface area (Å²) in [5, 5.41) is 2.53. The van der Waals surface area contributed by atoms with Gasteiger partial charge in [-0.1, -0.05) is 106 Å². The SMILES string of the molecule is CC(C)(C)Cc1cc(C(F)(F)F)c2c(ccc3c4ccnc(-c5cccc(N(c6ccccc6)c6cccc(-c7ccccc7)n6)c5)c4sc32)c1. The Morgan fingerprint density at radius 2 is 1.33 bits per heavy atom. The molecule has 0 spiro atoms. The molecule has 0 radical (unpaired) electrons. The quantitative estimate of drug-likeness (QED) is 0.174. The molecule has 0 saturated carbocycles. The molecule has 8 rings (SSSR count). The summed E-state index contributed by atoms with van der Waals surface area (Å²) in [4.78, 5) is 12.0. The van der Waals surface area contributed by atoms with Gasteiger partial charge in [-0.3, -0.25) is 9.88 Å². The molecule has 3 nitrogen and oxygen atoms in total. The van der Waals surface area contributed by atoms with Crippen molar-refractivity contribution in [1.29, 1.82) is 0 Å². The van der Waals surface area contributed by atoms with Gasteiger partial charge in [-0.05, 0) is 71.3 Å². The van der Waals surface area contributed by atoms with Crippen molar-refractivity contribution in [2.45, 2.75) is 33.4 Å². The first-order valence-electron chi connectivity index (χ1n) is 16.9. The average Bonchev–Trinajstić information content (AvgIpc) is 3.51. The fourth-order valence-electron chi connectivity index (χ4n) is 6.92. The monoisotopic (exact) mass is 693 g/mol. The van der Waals surface area contributed by atoms with Crippen LogP contribution in [0.5, 0.6) is 0 Å². The molecule has 0 aliphatic carbocycles. The van der Waals surface area contributed by atoms with Crippen LogP contribution in [0, 0.1) is 5.41 Å². The van der Waals surface area contributed by atoms with Crippen molar-refractivity contribution in [3.8, 4) is 22.5 Å². The molecular formula is C44H34F3N3S. The van der Waals surface area contributed by atoms with Gasteiger partial charge in [0.2, 0.25) is 0 Å². The van der Waals surface area contributed by atoms with Gasteiger partial charge in [0.15, 0.2) is 0 Å². The van der Waals surface area contributed by atoms with E-state index >= 15 is 0 Å². The minimum absolute atomic E-state index is 0.149. The second kappa shape index (κ2) is 12.7. The van der Waals surface area contributed by atoms with Crippen molar-refractivity contribution in [3.63, 3.8) is 0 Å². The van der Waals surface area contributed by atoms with Crippen LogP contribution in [-0.4, -0.2) is 9.97 Å². The van der Waals surface area contributed by atoms with Crippen LogP contribution in [0.25, 0.3) is 53.5 Å². The number of hydrogen-bond donors (Lipinski definition) is 0. The number of thiophene rings is 1. The van der Waals surface area contributed by atoms with Gasteiger partial charge in [-0.15, -0.1) is 11.3 Å². The molecule has 0 fully saturated rings. The molecule has 51 heavy (non-hydrogen) atoms. The first-order valence-corrected chi connectivity index (χ1v) is 17.7. The average molecular weight is 694 g/mol. The first-order chi connectivity index (χ1) is 24.5. The lowest BCUT2D eigenvalue weighted by molar-refractivity contribution is -0.136. The van der Waals surface area contributed by atoms with Crippen LogP contribution in [0.1, 0.15) is 31.9 Å². The fraction of sp³-hybridized carbons (Fsp3) is 0.136. The zero-order chi connectivity index (χ0) is 35.3. The van der Waals surface area contributed by atoms with Crippen LogP contribution in [0.2, 0.25) is 0 Å². The summed E-state index contributed by atoms with van der Waals surface area (Å²) < 4.78 is 45.8. The van der Waals surface area contributed by atoms with Gasteiger partial charge >= 0.3 is 6.18 Å². The van der Waals surface area contributed by atoms with Crippen LogP contribution >= 0.6 is 11.3 Å². The topological polar surface area (TPSA) is 29.0 Å². The Hall–Kier alpha value is -5.53. The van der Waals surface area contributed by atoms with Gasteiger partial charge in [0.05, 0.1) is 21.7 Å². The van der Waals surface area contributed by atoms with Gasteiger partial charge < -0.3 is 0 Å². The molecule has 252 valence electrons. The summed E-state index contributed by atoms with van der Waals surface area (Å²) in [6.07, 6.45) is -2.21. The third-order valence-corrected chi connectivity index (χ3v) is 10.2. The lowest BCUT2D eigenvalue weighted by Gasteiger charge is -2.25. The highest BCUT2D eigenvalue weighted by Crippen LogP contribution is 2.47. The van der Waals surface area contributed by atoms with E-state index in [-0.39, 0.29) is 10.8 Å². The Kier molecular flexibility index (Phi) is 8.11. The largest absolute Gasteiger partial charge is 0.417 e. The molecule has 5 aromatic carbocycles. The van der Waals surface area contributed by atoms with E-state index in [0.717, 1.165) is 55.2 Å². The molecule has 8 aromatic rings. The number of fused-ring (bicyclic) bond motifs is 5. The molecule has 0 saturated heterocycles. The predicted octanol–water partition coefficient (Wildman–Crippen LogP) is 13.4. The van der Waals surface area contributed by atoms with Crippen molar-refractivity contribution in [2.24, 2.45) is 5.41 Å². The molecule has 7 heteroatoms. The molecule has 0 bridgehead atoms.